The van der Waals surface area contributed by atoms with Crippen molar-refractivity contribution in [3.63, 3.8) is 0 Å². The van der Waals surface area contributed by atoms with Crippen molar-refractivity contribution in [3.8, 4) is 11.5 Å². The number of aryl methyl sites for hydroxylation is 2. The number of amides is 1. The Hall–Kier alpha value is -2.49. The summed E-state index contributed by atoms with van der Waals surface area (Å²) >= 11 is 0. The van der Waals surface area contributed by atoms with E-state index in [4.69, 9.17) is 15.2 Å². The molecular formula is C18H21NO3. The molecule has 0 saturated heterocycles. The second-order valence-electron chi connectivity index (χ2n) is 5.10. The topological polar surface area (TPSA) is 61.6 Å². The van der Waals surface area contributed by atoms with Crippen LogP contribution in [0.1, 0.15) is 24.0 Å². The van der Waals surface area contributed by atoms with Crippen LogP contribution in [0.2, 0.25) is 0 Å². The van der Waals surface area contributed by atoms with E-state index < -0.39 is 6.09 Å². The number of hydrogen-bond donors (Lipinski definition) is 1. The minimum absolute atomic E-state index is 0.357. The van der Waals surface area contributed by atoms with Crippen molar-refractivity contribution in [2.24, 2.45) is 5.73 Å². The molecule has 1 amide bonds. The third-order valence-electron chi connectivity index (χ3n) is 3.37. The van der Waals surface area contributed by atoms with Crippen LogP contribution in [0.25, 0.3) is 0 Å². The number of carbonyl (C=O) groups is 1. The van der Waals surface area contributed by atoms with Crippen LogP contribution in [0.5, 0.6) is 11.5 Å². The highest BCUT2D eigenvalue weighted by molar-refractivity contribution is 5.64. The molecule has 22 heavy (non-hydrogen) atoms. The van der Waals surface area contributed by atoms with Crippen LogP contribution in [0.3, 0.4) is 0 Å². The molecule has 0 unspecified atom stereocenters. The number of ether oxygens (including phenoxy) is 2. The highest BCUT2D eigenvalue weighted by Gasteiger charge is 2.06. The molecule has 0 bridgehead atoms. The Bertz CT molecular complexity index is 625. The van der Waals surface area contributed by atoms with Crippen LogP contribution < -0.4 is 10.5 Å². The van der Waals surface area contributed by atoms with E-state index in [2.05, 4.69) is 6.07 Å². The minimum atomic E-state index is -0.719. The zero-order valence-electron chi connectivity index (χ0n) is 12.7. The van der Waals surface area contributed by atoms with Gasteiger partial charge in [0.1, 0.15) is 11.5 Å². The lowest BCUT2D eigenvalue weighted by Crippen LogP contribution is -2.13. The maximum Gasteiger partial charge on any atom is 0.404 e. The Balaban J connectivity index is 1.95. The molecule has 0 aromatic heterocycles. The van der Waals surface area contributed by atoms with Gasteiger partial charge in [-0.3, -0.25) is 0 Å². The molecule has 2 aromatic rings. The van der Waals surface area contributed by atoms with E-state index in [0.717, 1.165) is 41.9 Å². The summed E-state index contributed by atoms with van der Waals surface area (Å²) < 4.78 is 10.8. The van der Waals surface area contributed by atoms with Gasteiger partial charge >= 0.3 is 6.09 Å². The second kappa shape index (κ2) is 8.08. The first-order valence-electron chi connectivity index (χ1n) is 7.40. The summed E-state index contributed by atoms with van der Waals surface area (Å²) in [6.07, 6.45) is 1.83. The molecular weight excluding hydrogens is 278 g/mol. The van der Waals surface area contributed by atoms with Gasteiger partial charge < -0.3 is 15.2 Å². The van der Waals surface area contributed by atoms with Crippen LogP contribution in [0, 0.1) is 6.92 Å². The van der Waals surface area contributed by atoms with Gasteiger partial charge in [-0.25, -0.2) is 4.79 Å². The van der Waals surface area contributed by atoms with Crippen LogP contribution in [0.15, 0.2) is 48.5 Å². The van der Waals surface area contributed by atoms with Crippen LogP contribution in [0.4, 0.5) is 4.79 Å². The number of para-hydroxylation sites is 2. The Morgan fingerprint density at radius 1 is 1.00 bits per heavy atom. The number of unbranched alkanes of at least 4 members (excludes halogenated alkanes) is 1. The molecule has 0 heterocycles. The Morgan fingerprint density at radius 2 is 1.68 bits per heavy atom. The monoisotopic (exact) mass is 299 g/mol. The predicted octanol–water partition coefficient (Wildman–Crippen LogP) is 4.21. The molecule has 0 radical (unpaired) electrons. The fourth-order valence-corrected chi connectivity index (χ4v) is 2.19. The molecule has 0 aliphatic heterocycles. The van der Waals surface area contributed by atoms with Crippen molar-refractivity contribution in [2.45, 2.75) is 26.2 Å². The first kappa shape index (κ1) is 15.9. The number of rotatable bonds is 7. The summed E-state index contributed by atoms with van der Waals surface area (Å²) in [5, 5.41) is 0. The number of carbonyl (C=O) groups excluding carboxylic acids is 1. The van der Waals surface area contributed by atoms with Gasteiger partial charge in [0.25, 0.3) is 0 Å². The van der Waals surface area contributed by atoms with Gasteiger partial charge in [0, 0.05) is 0 Å². The van der Waals surface area contributed by atoms with Crippen molar-refractivity contribution in [3.05, 3.63) is 59.7 Å². The van der Waals surface area contributed by atoms with Gasteiger partial charge in [-0.15, -0.1) is 0 Å². The van der Waals surface area contributed by atoms with E-state index in [1.165, 1.54) is 0 Å². The number of hydrogen-bond acceptors (Lipinski definition) is 3. The lowest BCUT2D eigenvalue weighted by Gasteiger charge is -2.12. The van der Waals surface area contributed by atoms with E-state index >= 15 is 0 Å². The van der Waals surface area contributed by atoms with Crippen molar-refractivity contribution >= 4 is 6.09 Å². The van der Waals surface area contributed by atoms with Crippen LogP contribution in [-0.4, -0.2) is 12.7 Å². The maximum atomic E-state index is 10.5. The molecule has 0 aliphatic carbocycles. The molecule has 116 valence electrons. The lowest BCUT2D eigenvalue weighted by molar-refractivity contribution is 0.154. The minimum Gasteiger partial charge on any atom is -0.457 e. The van der Waals surface area contributed by atoms with Crippen molar-refractivity contribution in [1.29, 1.82) is 0 Å². The molecule has 0 aliphatic rings. The molecule has 0 saturated carbocycles. The summed E-state index contributed by atoms with van der Waals surface area (Å²) in [5.41, 5.74) is 7.18. The fourth-order valence-electron chi connectivity index (χ4n) is 2.19. The van der Waals surface area contributed by atoms with Gasteiger partial charge in [0.2, 0.25) is 0 Å². The molecule has 2 rings (SSSR count). The van der Waals surface area contributed by atoms with Crippen molar-refractivity contribution < 1.29 is 14.3 Å². The van der Waals surface area contributed by atoms with E-state index in [-0.39, 0.29) is 0 Å². The fraction of sp³-hybridized carbons (Fsp3) is 0.278. The van der Waals surface area contributed by atoms with Crippen molar-refractivity contribution in [2.75, 3.05) is 6.61 Å². The Kier molecular flexibility index (Phi) is 5.83. The number of nitrogens with two attached hydrogens (primary N) is 1. The third kappa shape index (κ3) is 4.81. The summed E-state index contributed by atoms with van der Waals surface area (Å²) in [7, 11) is 0. The van der Waals surface area contributed by atoms with Crippen LogP contribution in [-0.2, 0) is 11.2 Å². The Labute approximate surface area is 130 Å². The third-order valence-corrected chi connectivity index (χ3v) is 3.37. The quantitative estimate of drug-likeness (QED) is 0.779. The normalized spacial score (nSPS) is 10.2. The number of benzene rings is 2. The molecule has 2 aromatic carbocycles. The average molecular weight is 299 g/mol. The first-order chi connectivity index (χ1) is 10.7. The van der Waals surface area contributed by atoms with Gasteiger partial charge in [-0.05, 0) is 49.4 Å². The van der Waals surface area contributed by atoms with E-state index in [1.54, 1.807) is 0 Å². The summed E-state index contributed by atoms with van der Waals surface area (Å²) in [6.45, 7) is 2.38. The SMILES string of the molecule is Cc1ccccc1Oc1ccccc1CCCCOC(N)=O. The maximum absolute atomic E-state index is 10.5. The van der Waals surface area contributed by atoms with E-state index in [1.807, 2.05) is 49.4 Å². The van der Waals surface area contributed by atoms with Gasteiger partial charge in [0.05, 0.1) is 6.61 Å². The predicted molar refractivity (Wildman–Crippen MR) is 86.2 cm³/mol. The van der Waals surface area contributed by atoms with E-state index in [9.17, 15) is 4.79 Å². The largest absolute Gasteiger partial charge is 0.457 e. The average Bonchev–Trinajstić information content (AvgIpc) is 2.50. The first-order valence-corrected chi connectivity index (χ1v) is 7.40. The standard InChI is InChI=1S/C18H21NO3/c1-14-8-2-4-11-16(14)22-17-12-5-3-9-15(17)10-6-7-13-21-18(19)20/h2-5,8-9,11-12H,6-7,10,13H2,1H3,(H2,19,20). The highest BCUT2D eigenvalue weighted by Crippen LogP contribution is 2.28. The molecule has 4 heteroatoms. The van der Waals surface area contributed by atoms with Crippen molar-refractivity contribution in [1.82, 2.24) is 0 Å². The molecule has 0 fully saturated rings. The summed E-state index contributed by atoms with van der Waals surface area (Å²) in [5.74, 6) is 1.74. The van der Waals surface area contributed by atoms with Gasteiger partial charge in [-0.2, -0.15) is 0 Å². The molecule has 4 nitrogen and oxygen atoms in total. The lowest BCUT2D eigenvalue weighted by atomic mass is 10.1. The molecule has 0 atom stereocenters. The van der Waals surface area contributed by atoms with Gasteiger partial charge in [0.15, 0.2) is 0 Å². The highest BCUT2D eigenvalue weighted by atomic mass is 16.5. The number of primary amides is 1. The zero-order chi connectivity index (χ0) is 15.8. The molecule has 2 N–H and O–H groups in total. The molecule has 0 spiro atoms. The van der Waals surface area contributed by atoms with E-state index in [0.29, 0.717) is 6.61 Å². The summed E-state index contributed by atoms with van der Waals surface area (Å²) in [4.78, 5) is 10.5. The summed E-state index contributed by atoms with van der Waals surface area (Å²) in [6, 6.07) is 15.9. The Morgan fingerprint density at radius 3 is 2.41 bits per heavy atom. The van der Waals surface area contributed by atoms with Gasteiger partial charge in [-0.1, -0.05) is 36.4 Å². The van der Waals surface area contributed by atoms with Crippen LogP contribution >= 0.6 is 0 Å². The smallest absolute Gasteiger partial charge is 0.404 e. The zero-order valence-corrected chi connectivity index (χ0v) is 12.7. The second-order valence-corrected chi connectivity index (χ2v) is 5.10.